The van der Waals surface area contributed by atoms with E-state index in [-0.39, 0.29) is 18.1 Å². The summed E-state index contributed by atoms with van der Waals surface area (Å²) in [5.74, 6) is -0.519. The van der Waals surface area contributed by atoms with E-state index in [1.54, 1.807) is 0 Å². The Morgan fingerprint density at radius 3 is 2.56 bits per heavy atom. The molecule has 0 spiro atoms. The third-order valence-corrected chi connectivity index (χ3v) is 2.77. The maximum Gasteiger partial charge on any atom is 0.411 e. The molecule has 10 heteroatoms. The Morgan fingerprint density at radius 1 is 1.50 bits per heavy atom. The molecule has 1 aromatic rings. The first-order chi connectivity index (χ1) is 8.25. The van der Waals surface area contributed by atoms with E-state index in [2.05, 4.69) is 15.3 Å². The summed E-state index contributed by atoms with van der Waals surface area (Å²) >= 11 is 5.42. The van der Waals surface area contributed by atoms with Gasteiger partial charge in [-0.05, 0) is 24.4 Å². The molecular formula is C8H6ClF3N4O2. The zero-order valence-electron chi connectivity index (χ0n) is 8.66. The summed E-state index contributed by atoms with van der Waals surface area (Å²) in [5.41, 5.74) is -2.79. The monoisotopic (exact) mass is 282 g/mol. The Bertz CT molecular complexity index is 504. The first kappa shape index (κ1) is 12.8. The SMILES string of the molecule is O=[N+]([O-])c1cnc(Cl)nc1NC1(C(F)(F)F)CC1. The predicted octanol–water partition coefficient (Wildman–Crippen LogP) is 2.55. The number of alkyl halides is 3. The van der Waals surface area contributed by atoms with Crippen LogP contribution in [0, 0.1) is 10.1 Å². The van der Waals surface area contributed by atoms with Crippen LogP contribution >= 0.6 is 11.6 Å². The Balaban J connectivity index is 2.35. The van der Waals surface area contributed by atoms with Gasteiger partial charge in [-0.2, -0.15) is 18.2 Å². The standard InChI is InChI=1S/C8H6ClF3N4O2/c9-6-13-3-4(16(17)18)5(14-6)15-7(1-2-7)8(10,11)12/h3H,1-2H2,(H,13,14,15). The zero-order chi connectivity index (χ0) is 13.6. The van der Waals surface area contributed by atoms with Gasteiger partial charge < -0.3 is 5.32 Å². The van der Waals surface area contributed by atoms with Gasteiger partial charge in [0, 0.05) is 0 Å². The highest BCUT2D eigenvalue weighted by molar-refractivity contribution is 6.28. The Kier molecular flexibility index (Phi) is 2.80. The van der Waals surface area contributed by atoms with Crippen LogP contribution in [0.15, 0.2) is 6.20 Å². The molecule has 98 valence electrons. The smallest absolute Gasteiger partial charge is 0.350 e. The zero-order valence-corrected chi connectivity index (χ0v) is 9.42. The summed E-state index contributed by atoms with van der Waals surface area (Å²) in [7, 11) is 0. The molecule has 1 aromatic heterocycles. The number of hydrogen-bond acceptors (Lipinski definition) is 5. The predicted molar refractivity (Wildman–Crippen MR) is 55.3 cm³/mol. The second kappa shape index (κ2) is 3.94. The highest BCUT2D eigenvalue weighted by Crippen LogP contribution is 2.51. The van der Waals surface area contributed by atoms with Crippen molar-refractivity contribution < 1.29 is 18.1 Å². The molecule has 0 atom stereocenters. The number of hydrogen-bond donors (Lipinski definition) is 1. The summed E-state index contributed by atoms with van der Waals surface area (Å²) in [6.07, 6.45) is -4.05. The lowest BCUT2D eigenvalue weighted by molar-refractivity contribution is -0.384. The molecule has 6 nitrogen and oxygen atoms in total. The topological polar surface area (TPSA) is 81.0 Å². The molecule has 18 heavy (non-hydrogen) atoms. The molecule has 1 N–H and O–H groups in total. The van der Waals surface area contributed by atoms with E-state index in [9.17, 15) is 23.3 Å². The van der Waals surface area contributed by atoms with E-state index in [0.717, 1.165) is 6.20 Å². The molecule has 0 aromatic carbocycles. The van der Waals surface area contributed by atoms with Crippen molar-refractivity contribution >= 4 is 23.1 Å². The van der Waals surface area contributed by atoms with Crippen LogP contribution in [0.3, 0.4) is 0 Å². The van der Waals surface area contributed by atoms with E-state index < -0.39 is 28.1 Å². The lowest BCUT2D eigenvalue weighted by Crippen LogP contribution is -2.39. The number of anilines is 1. The molecule has 1 aliphatic rings. The third kappa shape index (κ3) is 2.17. The summed E-state index contributed by atoms with van der Waals surface area (Å²) in [4.78, 5) is 16.6. The molecule has 0 unspecified atom stereocenters. The fourth-order valence-electron chi connectivity index (χ4n) is 1.41. The summed E-state index contributed by atoms with van der Waals surface area (Å²) in [5, 5.41) is 12.3. The summed E-state index contributed by atoms with van der Waals surface area (Å²) < 4.78 is 38.1. The van der Waals surface area contributed by atoms with Gasteiger partial charge in [0.25, 0.3) is 0 Å². The minimum absolute atomic E-state index is 0.157. The Hall–Kier alpha value is -1.64. The van der Waals surface area contributed by atoms with Gasteiger partial charge in [-0.3, -0.25) is 10.1 Å². The minimum Gasteiger partial charge on any atom is -0.350 e. The van der Waals surface area contributed by atoms with Crippen molar-refractivity contribution in [3.05, 3.63) is 21.6 Å². The second-order valence-corrected chi connectivity index (χ2v) is 4.17. The number of nitrogens with zero attached hydrogens (tertiary/aromatic N) is 3. The lowest BCUT2D eigenvalue weighted by Gasteiger charge is -2.20. The highest BCUT2D eigenvalue weighted by Gasteiger charge is 2.64. The number of aromatic nitrogens is 2. The van der Waals surface area contributed by atoms with Crippen molar-refractivity contribution in [1.29, 1.82) is 0 Å². The van der Waals surface area contributed by atoms with E-state index in [0.29, 0.717) is 0 Å². The van der Waals surface area contributed by atoms with Crippen molar-refractivity contribution in [3.8, 4) is 0 Å². The average molecular weight is 283 g/mol. The molecule has 0 radical (unpaired) electrons. The van der Waals surface area contributed by atoms with Crippen LogP contribution in [0.5, 0.6) is 0 Å². The van der Waals surface area contributed by atoms with Gasteiger partial charge >= 0.3 is 11.9 Å². The molecular weight excluding hydrogens is 277 g/mol. The first-order valence-electron chi connectivity index (χ1n) is 4.77. The van der Waals surface area contributed by atoms with Gasteiger partial charge in [-0.15, -0.1) is 0 Å². The van der Waals surface area contributed by atoms with Crippen LogP contribution < -0.4 is 5.32 Å². The largest absolute Gasteiger partial charge is 0.411 e. The molecule has 0 bridgehead atoms. The van der Waals surface area contributed by atoms with Crippen LogP contribution in [0.1, 0.15) is 12.8 Å². The van der Waals surface area contributed by atoms with Gasteiger partial charge in [0.1, 0.15) is 11.7 Å². The fourth-order valence-corrected chi connectivity index (χ4v) is 1.54. The Labute approximate surface area is 103 Å². The average Bonchev–Trinajstić information content (AvgIpc) is 2.97. The molecule has 0 saturated heterocycles. The first-order valence-corrected chi connectivity index (χ1v) is 5.15. The quantitative estimate of drug-likeness (QED) is 0.523. The molecule has 1 heterocycles. The van der Waals surface area contributed by atoms with E-state index in [4.69, 9.17) is 11.6 Å². The van der Waals surface area contributed by atoms with Crippen molar-refractivity contribution in [2.75, 3.05) is 5.32 Å². The minimum atomic E-state index is -4.50. The van der Waals surface area contributed by atoms with Crippen molar-refractivity contribution in [3.63, 3.8) is 0 Å². The molecule has 1 saturated carbocycles. The van der Waals surface area contributed by atoms with Crippen LogP contribution in [0.4, 0.5) is 24.7 Å². The fraction of sp³-hybridized carbons (Fsp3) is 0.500. The second-order valence-electron chi connectivity index (χ2n) is 3.83. The molecule has 2 rings (SSSR count). The molecule has 0 amide bonds. The van der Waals surface area contributed by atoms with E-state index in [1.165, 1.54) is 0 Å². The van der Waals surface area contributed by atoms with Crippen molar-refractivity contribution in [2.24, 2.45) is 0 Å². The number of rotatable bonds is 3. The van der Waals surface area contributed by atoms with Crippen molar-refractivity contribution in [1.82, 2.24) is 9.97 Å². The van der Waals surface area contributed by atoms with Gasteiger partial charge in [0.15, 0.2) is 0 Å². The van der Waals surface area contributed by atoms with Gasteiger partial charge in [-0.1, -0.05) is 0 Å². The van der Waals surface area contributed by atoms with Crippen LogP contribution in [0.2, 0.25) is 5.28 Å². The van der Waals surface area contributed by atoms with Crippen molar-refractivity contribution in [2.45, 2.75) is 24.6 Å². The molecule has 1 fully saturated rings. The molecule has 0 aliphatic heterocycles. The summed E-state index contributed by atoms with van der Waals surface area (Å²) in [6, 6.07) is 0. The Morgan fingerprint density at radius 2 is 2.11 bits per heavy atom. The molecule has 1 aliphatic carbocycles. The van der Waals surface area contributed by atoms with Gasteiger partial charge in [0.2, 0.25) is 11.1 Å². The van der Waals surface area contributed by atoms with E-state index >= 15 is 0 Å². The van der Waals surface area contributed by atoms with Crippen LogP contribution in [0.25, 0.3) is 0 Å². The van der Waals surface area contributed by atoms with Crippen LogP contribution in [-0.4, -0.2) is 26.6 Å². The van der Waals surface area contributed by atoms with E-state index in [1.807, 2.05) is 0 Å². The number of halogens is 4. The highest BCUT2D eigenvalue weighted by atomic mass is 35.5. The van der Waals surface area contributed by atoms with Crippen LogP contribution in [-0.2, 0) is 0 Å². The maximum atomic E-state index is 12.7. The number of nitrogens with one attached hydrogen (secondary N) is 1. The normalized spacial score (nSPS) is 17.3. The third-order valence-electron chi connectivity index (χ3n) is 2.59. The maximum absolute atomic E-state index is 12.7. The van der Waals surface area contributed by atoms with Gasteiger partial charge in [-0.25, -0.2) is 4.98 Å². The van der Waals surface area contributed by atoms with Gasteiger partial charge in [0.05, 0.1) is 4.92 Å². The summed E-state index contributed by atoms with van der Waals surface area (Å²) in [6.45, 7) is 0. The lowest BCUT2D eigenvalue weighted by atomic mass is 10.2. The number of nitro groups is 1.